The summed E-state index contributed by atoms with van der Waals surface area (Å²) in [4.78, 5) is 27.0. The van der Waals surface area contributed by atoms with E-state index in [0.29, 0.717) is 37.7 Å². The second-order valence-corrected chi connectivity index (χ2v) is 7.20. The summed E-state index contributed by atoms with van der Waals surface area (Å²) < 4.78 is 24.4. The molecular weight excluding hydrogens is 387 g/mol. The Morgan fingerprint density at radius 3 is 2.43 bits per heavy atom. The van der Waals surface area contributed by atoms with Gasteiger partial charge in [0.2, 0.25) is 11.8 Å². The van der Waals surface area contributed by atoms with Gasteiger partial charge in [0, 0.05) is 19.5 Å². The van der Waals surface area contributed by atoms with Crippen LogP contribution < -0.4 is 14.8 Å². The summed E-state index contributed by atoms with van der Waals surface area (Å²) in [5.74, 6) is 0.691. The van der Waals surface area contributed by atoms with Crippen LogP contribution in [-0.4, -0.2) is 42.5 Å². The van der Waals surface area contributed by atoms with Crippen LogP contribution in [0.3, 0.4) is 0 Å². The first-order valence-corrected chi connectivity index (χ1v) is 10.2. The van der Waals surface area contributed by atoms with Crippen LogP contribution in [0.1, 0.15) is 31.4 Å². The monoisotopic (exact) mass is 414 g/mol. The molecule has 0 aliphatic carbocycles. The van der Waals surface area contributed by atoms with E-state index in [1.807, 2.05) is 25.1 Å². The lowest BCUT2D eigenvalue weighted by molar-refractivity contribution is -0.140. The van der Waals surface area contributed by atoms with E-state index in [-0.39, 0.29) is 30.6 Å². The van der Waals surface area contributed by atoms with Crippen molar-refractivity contribution < 1.29 is 23.5 Å². The van der Waals surface area contributed by atoms with E-state index >= 15 is 0 Å². The Morgan fingerprint density at radius 2 is 1.73 bits per heavy atom. The maximum atomic E-state index is 13.2. The molecule has 30 heavy (non-hydrogen) atoms. The first-order chi connectivity index (χ1) is 14.5. The predicted molar refractivity (Wildman–Crippen MR) is 111 cm³/mol. The van der Waals surface area contributed by atoms with Crippen molar-refractivity contribution in [2.75, 3.05) is 19.8 Å². The van der Waals surface area contributed by atoms with Crippen molar-refractivity contribution in [3.05, 3.63) is 59.4 Å². The molecule has 1 aliphatic heterocycles. The molecular formula is C23H27FN2O4. The summed E-state index contributed by atoms with van der Waals surface area (Å²) in [5.41, 5.74) is 1.72. The zero-order chi connectivity index (χ0) is 21.5. The minimum absolute atomic E-state index is 0.145. The molecule has 2 aromatic rings. The van der Waals surface area contributed by atoms with Crippen LogP contribution in [-0.2, 0) is 22.6 Å². The van der Waals surface area contributed by atoms with Gasteiger partial charge in [-0.3, -0.25) is 9.59 Å². The highest BCUT2D eigenvalue weighted by Crippen LogP contribution is 2.31. The number of carbonyl (C=O) groups is 2. The molecule has 6 nitrogen and oxygen atoms in total. The van der Waals surface area contributed by atoms with Crippen LogP contribution in [0.25, 0.3) is 0 Å². The molecule has 1 atom stereocenters. The molecule has 0 unspecified atom stereocenters. The van der Waals surface area contributed by atoms with Crippen molar-refractivity contribution in [3.63, 3.8) is 0 Å². The highest BCUT2D eigenvalue weighted by Gasteiger charge is 2.25. The Kier molecular flexibility index (Phi) is 7.27. The minimum Gasteiger partial charge on any atom is -0.486 e. The maximum absolute atomic E-state index is 13.2. The van der Waals surface area contributed by atoms with Crippen LogP contribution >= 0.6 is 0 Å². The van der Waals surface area contributed by atoms with Gasteiger partial charge in [0.15, 0.2) is 11.5 Å². The van der Waals surface area contributed by atoms with Crippen molar-refractivity contribution in [2.45, 2.75) is 39.3 Å². The second-order valence-electron chi connectivity index (χ2n) is 7.20. The van der Waals surface area contributed by atoms with Crippen molar-refractivity contribution >= 4 is 11.8 Å². The molecule has 160 valence electrons. The molecule has 0 saturated carbocycles. The van der Waals surface area contributed by atoms with E-state index in [1.54, 1.807) is 19.1 Å². The van der Waals surface area contributed by atoms with Gasteiger partial charge in [-0.15, -0.1) is 0 Å². The van der Waals surface area contributed by atoms with Crippen LogP contribution in [0.5, 0.6) is 11.5 Å². The van der Waals surface area contributed by atoms with E-state index in [9.17, 15) is 14.0 Å². The summed E-state index contributed by atoms with van der Waals surface area (Å²) in [6.07, 6.45) is 0.752. The number of hydrogen-bond acceptors (Lipinski definition) is 4. The first-order valence-electron chi connectivity index (χ1n) is 10.2. The third kappa shape index (κ3) is 5.49. The minimum atomic E-state index is -0.636. The smallest absolute Gasteiger partial charge is 0.242 e. The van der Waals surface area contributed by atoms with Gasteiger partial charge in [-0.2, -0.15) is 0 Å². The molecule has 0 saturated heterocycles. The summed E-state index contributed by atoms with van der Waals surface area (Å²) >= 11 is 0. The van der Waals surface area contributed by atoms with Crippen molar-refractivity contribution in [2.24, 2.45) is 0 Å². The molecule has 1 aliphatic rings. The third-order valence-electron chi connectivity index (χ3n) is 5.02. The summed E-state index contributed by atoms with van der Waals surface area (Å²) in [6.45, 7) is 5.29. The SMILES string of the molecule is CCNC(=O)[C@@H](C)N(Cc1ccc(F)cc1)C(=O)CCc1ccc2c(c1)OCCO2. The first kappa shape index (κ1) is 21.6. The molecule has 0 spiro atoms. The van der Waals surface area contributed by atoms with E-state index in [4.69, 9.17) is 9.47 Å². The number of ether oxygens (including phenoxy) is 2. The van der Waals surface area contributed by atoms with Crippen molar-refractivity contribution in [1.29, 1.82) is 0 Å². The van der Waals surface area contributed by atoms with Crippen LogP contribution in [0.2, 0.25) is 0 Å². The second kappa shape index (κ2) is 10.1. The fourth-order valence-electron chi connectivity index (χ4n) is 3.33. The fourth-order valence-corrected chi connectivity index (χ4v) is 3.33. The molecule has 0 fully saturated rings. The molecule has 0 radical (unpaired) electrons. The third-order valence-corrected chi connectivity index (χ3v) is 5.02. The number of rotatable bonds is 8. The Morgan fingerprint density at radius 1 is 1.07 bits per heavy atom. The van der Waals surface area contributed by atoms with Crippen LogP contribution in [0, 0.1) is 5.82 Å². The van der Waals surface area contributed by atoms with E-state index in [1.165, 1.54) is 17.0 Å². The number of hydrogen-bond donors (Lipinski definition) is 1. The van der Waals surface area contributed by atoms with Crippen molar-refractivity contribution in [1.82, 2.24) is 10.2 Å². The van der Waals surface area contributed by atoms with Crippen molar-refractivity contribution in [3.8, 4) is 11.5 Å². The van der Waals surface area contributed by atoms with Gasteiger partial charge in [-0.1, -0.05) is 18.2 Å². The zero-order valence-corrected chi connectivity index (χ0v) is 17.3. The molecule has 0 bridgehead atoms. The van der Waals surface area contributed by atoms with Gasteiger partial charge >= 0.3 is 0 Å². The van der Waals surface area contributed by atoms with Gasteiger partial charge in [-0.25, -0.2) is 4.39 Å². The molecule has 2 aromatic carbocycles. The Hall–Kier alpha value is -3.09. The lowest BCUT2D eigenvalue weighted by atomic mass is 10.1. The zero-order valence-electron chi connectivity index (χ0n) is 17.3. The average Bonchev–Trinajstić information content (AvgIpc) is 2.76. The number of aryl methyl sites for hydroxylation is 1. The summed E-state index contributed by atoms with van der Waals surface area (Å²) in [7, 11) is 0. The number of amides is 2. The number of nitrogens with zero attached hydrogens (tertiary/aromatic N) is 1. The van der Waals surface area contributed by atoms with Gasteiger partial charge in [-0.05, 0) is 55.7 Å². The number of benzene rings is 2. The number of halogens is 1. The predicted octanol–water partition coefficient (Wildman–Crippen LogP) is 3.08. The standard InChI is InChI=1S/C23H27FN2O4/c1-3-25-23(28)16(2)26(15-18-4-8-19(24)9-5-18)22(27)11-7-17-6-10-20-21(14-17)30-13-12-29-20/h4-6,8-10,14,16H,3,7,11-13,15H2,1-2H3,(H,25,28)/t16-/m1/s1. The van der Waals surface area contributed by atoms with Gasteiger partial charge in [0.1, 0.15) is 25.1 Å². The van der Waals surface area contributed by atoms with Gasteiger partial charge in [0.05, 0.1) is 0 Å². The highest BCUT2D eigenvalue weighted by atomic mass is 19.1. The fraction of sp³-hybridized carbons (Fsp3) is 0.391. The highest BCUT2D eigenvalue weighted by molar-refractivity contribution is 5.87. The Bertz CT molecular complexity index is 885. The molecule has 3 rings (SSSR count). The summed E-state index contributed by atoms with van der Waals surface area (Å²) in [6, 6.07) is 11.0. The van der Waals surface area contributed by atoms with Gasteiger partial charge in [0.25, 0.3) is 0 Å². The van der Waals surface area contributed by atoms with Gasteiger partial charge < -0.3 is 19.7 Å². The Balaban J connectivity index is 1.70. The van der Waals surface area contributed by atoms with E-state index in [2.05, 4.69) is 5.32 Å². The lowest BCUT2D eigenvalue weighted by Crippen LogP contribution is -2.47. The average molecular weight is 414 g/mol. The van der Waals surface area contributed by atoms with Crippen LogP contribution in [0.15, 0.2) is 42.5 Å². The molecule has 1 N–H and O–H groups in total. The molecule has 7 heteroatoms. The largest absolute Gasteiger partial charge is 0.486 e. The maximum Gasteiger partial charge on any atom is 0.242 e. The number of likely N-dealkylation sites (N-methyl/N-ethyl adjacent to an activating group) is 1. The normalized spacial score (nSPS) is 13.4. The number of nitrogens with one attached hydrogen (secondary N) is 1. The van der Waals surface area contributed by atoms with E-state index in [0.717, 1.165) is 11.1 Å². The lowest BCUT2D eigenvalue weighted by Gasteiger charge is -2.29. The molecule has 2 amide bonds. The molecule has 0 aromatic heterocycles. The van der Waals surface area contributed by atoms with Crippen LogP contribution in [0.4, 0.5) is 4.39 Å². The topological polar surface area (TPSA) is 67.9 Å². The Labute approximate surface area is 176 Å². The quantitative estimate of drug-likeness (QED) is 0.721. The van der Waals surface area contributed by atoms with E-state index < -0.39 is 6.04 Å². The number of fused-ring (bicyclic) bond motifs is 1. The summed E-state index contributed by atoms with van der Waals surface area (Å²) in [5, 5.41) is 2.76. The number of carbonyl (C=O) groups excluding carboxylic acids is 2. The molecule has 1 heterocycles.